The summed E-state index contributed by atoms with van der Waals surface area (Å²) in [6.07, 6.45) is 4.46. The first-order chi connectivity index (χ1) is 12.7. The minimum absolute atomic E-state index is 0.171. The lowest BCUT2D eigenvalue weighted by Gasteiger charge is -2.37. The van der Waals surface area contributed by atoms with Crippen molar-refractivity contribution < 1.29 is 9.18 Å². The van der Waals surface area contributed by atoms with Gasteiger partial charge in [0.2, 0.25) is 5.91 Å². The molecule has 0 aromatic heterocycles. The number of hydrogen-bond donors (Lipinski definition) is 2. The Labute approximate surface area is 154 Å². The number of nitrogens with zero attached hydrogens (tertiary/aromatic N) is 2. The Morgan fingerprint density at radius 3 is 2.65 bits per heavy atom. The number of hydrogen-bond acceptors (Lipinski definition) is 4. The van der Waals surface area contributed by atoms with Crippen LogP contribution in [0.5, 0.6) is 0 Å². The van der Waals surface area contributed by atoms with Crippen LogP contribution in [0, 0.1) is 11.7 Å². The van der Waals surface area contributed by atoms with Gasteiger partial charge < -0.3 is 4.90 Å². The van der Waals surface area contributed by atoms with E-state index in [0.717, 1.165) is 51.1 Å². The van der Waals surface area contributed by atoms with Crippen molar-refractivity contribution >= 4 is 5.91 Å². The molecule has 3 heterocycles. The highest BCUT2D eigenvalue weighted by atomic mass is 19.1. The van der Waals surface area contributed by atoms with E-state index < -0.39 is 0 Å². The maximum atomic E-state index is 13.6. The molecule has 0 aliphatic carbocycles. The lowest BCUT2D eigenvalue weighted by atomic mass is 9.80. The summed E-state index contributed by atoms with van der Waals surface area (Å²) in [5.74, 6) is 0.900. The first-order valence-corrected chi connectivity index (χ1v) is 9.95. The number of rotatable bonds is 4. The van der Waals surface area contributed by atoms with E-state index in [1.54, 1.807) is 12.1 Å². The van der Waals surface area contributed by atoms with E-state index in [4.69, 9.17) is 0 Å². The largest absolute Gasteiger partial charge is 0.342 e. The van der Waals surface area contributed by atoms with Gasteiger partial charge in [-0.05, 0) is 62.4 Å². The zero-order valence-corrected chi connectivity index (χ0v) is 15.3. The predicted molar refractivity (Wildman–Crippen MR) is 99.0 cm³/mol. The zero-order chi connectivity index (χ0) is 17.9. The molecule has 0 spiro atoms. The number of benzene rings is 1. The number of hydrazine groups is 1. The van der Waals surface area contributed by atoms with E-state index in [1.165, 1.54) is 18.9 Å². The van der Waals surface area contributed by atoms with Crippen LogP contribution in [-0.2, 0) is 4.79 Å². The molecule has 26 heavy (non-hydrogen) atoms. The molecule has 3 fully saturated rings. The fraction of sp³-hybridized carbons (Fsp3) is 0.650. The molecule has 2 N–H and O–H groups in total. The summed E-state index contributed by atoms with van der Waals surface area (Å²) < 4.78 is 13.6. The smallest absolute Gasteiger partial charge is 0.236 e. The lowest BCUT2D eigenvalue weighted by Crippen LogP contribution is -2.47. The van der Waals surface area contributed by atoms with Crippen LogP contribution < -0.4 is 10.9 Å². The number of likely N-dealkylation sites (tertiary alicyclic amines) is 2. The summed E-state index contributed by atoms with van der Waals surface area (Å²) in [7, 11) is 0. The van der Waals surface area contributed by atoms with E-state index in [0.29, 0.717) is 18.5 Å². The van der Waals surface area contributed by atoms with Crippen LogP contribution in [0.15, 0.2) is 24.3 Å². The number of halogens is 1. The molecule has 1 aromatic rings. The number of carbonyl (C=O) groups excluding carboxylic acids is 1. The average molecular weight is 360 g/mol. The fourth-order valence-corrected chi connectivity index (χ4v) is 4.76. The highest BCUT2D eigenvalue weighted by molar-refractivity contribution is 5.78. The van der Waals surface area contributed by atoms with Gasteiger partial charge in [-0.3, -0.25) is 20.5 Å². The van der Waals surface area contributed by atoms with E-state index >= 15 is 0 Å². The summed E-state index contributed by atoms with van der Waals surface area (Å²) in [5.41, 5.74) is 7.73. The molecule has 0 saturated carbocycles. The van der Waals surface area contributed by atoms with E-state index in [2.05, 4.69) is 15.8 Å². The Kier molecular flexibility index (Phi) is 5.52. The lowest BCUT2D eigenvalue weighted by molar-refractivity contribution is -0.133. The molecule has 0 bridgehead atoms. The van der Waals surface area contributed by atoms with Crippen LogP contribution in [-0.4, -0.2) is 61.0 Å². The molecule has 6 heteroatoms. The van der Waals surface area contributed by atoms with Gasteiger partial charge in [-0.1, -0.05) is 12.1 Å². The predicted octanol–water partition coefficient (Wildman–Crippen LogP) is 1.72. The molecule has 1 aromatic carbocycles. The van der Waals surface area contributed by atoms with Crippen LogP contribution in [0.25, 0.3) is 0 Å². The van der Waals surface area contributed by atoms with Gasteiger partial charge in [0.15, 0.2) is 0 Å². The molecule has 142 valence electrons. The third-order valence-electron chi connectivity index (χ3n) is 6.26. The zero-order valence-electron chi connectivity index (χ0n) is 15.3. The molecule has 1 amide bonds. The Bertz CT molecular complexity index is 626. The van der Waals surface area contributed by atoms with E-state index in [9.17, 15) is 9.18 Å². The summed E-state index contributed by atoms with van der Waals surface area (Å²) in [6.45, 7) is 5.21. The van der Waals surface area contributed by atoms with Gasteiger partial charge in [0.25, 0.3) is 0 Å². The Morgan fingerprint density at radius 2 is 1.92 bits per heavy atom. The van der Waals surface area contributed by atoms with Crippen LogP contribution in [0.2, 0.25) is 0 Å². The molecule has 2 unspecified atom stereocenters. The Balaban J connectivity index is 1.33. The number of piperidine rings is 1. The molecule has 3 aliphatic rings. The standard InChI is InChI=1S/C20H29FN4O/c21-17-5-3-4-16(12-17)18-13-22-23-20(18)15-6-10-25(11-7-15)19(26)14-24-8-1-2-9-24/h3-5,12,15,18,20,22-23H,1-2,6-11,13-14H2. The topological polar surface area (TPSA) is 47.6 Å². The first kappa shape index (κ1) is 17.9. The molecule has 2 atom stereocenters. The van der Waals surface area contributed by atoms with E-state index in [-0.39, 0.29) is 17.6 Å². The minimum atomic E-state index is -0.171. The second-order valence-corrected chi connectivity index (χ2v) is 7.91. The van der Waals surface area contributed by atoms with Crippen LogP contribution in [0.3, 0.4) is 0 Å². The summed E-state index contributed by atoms with van der Waals surface area (Å²) in [5, 5.41) is 0. The van der Waals surface area contributed by atoms with Gasteiger partial charge in [-0.25, -0.2) is 4.39 Å². The average Bonchev–Trinajstić information content (AvgIpc) is 3.33. The summed E-state index contributed by atoms with van der Waals surface area (Å²) in [4.78, 5) is 16.8. The molecule has 0 radical (unpaired) electrons. The van der Waals surface area contributed by atoms with Crippen molar-refractivity contribution in [3.05, 3.63) is 35.6 Å². The monoisotopic (exact) mass is 360 g/mol. The first-order valence-electron chi connectivity index (χ1n) is 9.95. The second kappa shape index (κ2) is 8.03. The number of amides is 1. The maximum Gasteiger partial charge on any atom is 0.236 e. The number of carbonyl (C=O) groups is 1. The second-order valence-electron chi connectivity index (χ2n) is 7.91. The van der Waals surface area contributed by atoms with Gasteiger partial charge in [0.05, 0.1) is 6.54 Å². The molecule has 3 saturated heterocycles. The highest BCUT2D eigenvalue weighted by Crippen LogP contribution is 2.32. The molecule has 5 nitrogen and oxygen atoms in total. The Hall–Kier alpha value is -1.50. The van der Waals surface area contributed by atoms with Crippen LogP contribution in [0.1, 0.15) is 37.2 Å². The van der Waals surface area contributed by atoms with Gasteiger partial charge in [-0.15, -0.1) is 0 Å². The van der Waals surface area contributed by atoms with Gasteiger partial charge >= 0.3 is 0 Å². The van der Waals surface area contributed by atoms with Crippen molar-refractivity contribution in [2.45, 2.75) is 37.6 Å². The summed E-state index contributed by atoms with van der Waals surface area (Å²) in [6, 6.07) is 7.26. The highest BCUT2D eigenvalue weighted by Gasteiger charge is 2.37. The minimum Gasteiger partial charge on any atom is -0.342 e. The molecule has 4 rings (SSSR count). The van der Waals surface area contributed by atoms with Crippen molar-refractivity contribution in [3.63, 3.8) is 0 Å². The van der Waals surface area contributed by atoms with Gasteiger partial charge in [0.1, 0.15) is 5.82 Å². The normalized spacial score (nSPS) is 28.0. The third kappa shape index (κ3) is 3.92. The molecular formula is C20H29FN4O. The van der Waals surface area contributed by atoms with Crippen molar-refractivity contribution in [3.8, 4) is 0 Å². The molecular weight excluding hydrogens is 331 g/mol. The maximum absolute atomic E-state index is 13.6. The molecule has 3 aliphatic heterocycles. The number of nitrogens with one attached hydrogen (secondary N) is 2. The Morgan fingerprint density at radius 1 is 1.15 bits per heavy atom. The van der Waals surface area contributed by atoms with Crippen molar-refractivity contribution in [2.24, 2.45) is 5.92 Å². The van der Waals surface area contributed by atoms with Gasteiger partial charge in [0, 0.05) is 31.6 Å². The van der Waals surface area contributed by atoms with Crippen molar-refractivity contribution in [1.29, 1.82) is 0 Å². The third-order valence-corrected chi connectivity index (χ3v) is 6.26. The summed E-state index contributed by atoms with van der Waals surface area (Å²) >= 11 is 0. The van der Waals surface area contributed by atoms with Crippen LogP contribution >= 0.6 is 0 Å². The fourth-order valence-electron chi connectivity index (χ4n) is 4.76. The van der Waals surface area contributed by atoms with Crippen molar-refractivity contribution in [2.75, 3.05) is 39.3 Å². The quantitative estimate of drug-likeness (QED) is 0.858. The van der Waals surface area contributed by atoms with Crippen molar-refractivity contribution in [1.82, 2.24) is 20.7 Å². The SMILES string of the molecule is O=C(CN1CCCC1)N1CCC(C2NNCC2c2cccc(F)c2)CC1. The van der Waals surface area contributed by atoms with Crippen LogP contribution in [0.4, 0.5) is 4.39 Å². The van der Waals surface area contributed by atoms with Gasteiger partial charge in [-0.2, -0.15) is 0 Å². The van der Waals surface area contributed by atoms with E-state index in [1.807, 2.05) is 11.0 Å².